The number of rotatable bonds is 37. The van der Waals surface area contributed by atoms with E-state index in [0.717, 1.165) is 38.5 Å². The van der Waals surface area contributed by atoms with Gasteiger partial charge in [-0.25, -0.2) is 0 Å². The predicted octanol–water partition coefficient (Wildman–Crippen LogP) is 13.1. The van der Waals surface area contributed by atoms with E-state index in [2.05, 4.69) is 62.5 Å². The lowest BCUT2D eigenvalue weighted by Crippen LogP contribution is -2.27. The number of hydrogen-bond acceptors (Lipinski definition) is 4. The van der Waals surface area contributed by atoms with Crippen molar-refractivity contribution in [2.45, 2.75) is 200 Å². The number of carbonyl (C=O) groups excluding carboxylic acids is 1. The van der Waals surface area contributed by atoms with E-state index in [1.807, 2.05) is 0 Å². The molecule has 0 bridgehead atoms. The van der Waals surface area contributed by atoms with Gasteiger partial charge in [0.15, 0.2) is 0 Å². The van der Waals surface area contributed by atoms with Crippen molar-refractivity contribution in [3.05, 3.63) is 48.6 Å². The standard InChI is InChI=1S/C43H78O4/c1-3-5-7-9-11-13-15-17-19-20-21-22-23-24-25-26-28-30-32-34-36-38-43(45)47-42(40-44)41-46-39-37-35-33-31-29-27-18-16-14-12-10-8-6-4-2/h8,10,14-17,20-21,42,44H,3-7,9,11-13,18-19,22-41H2,1-2H3/b10-8-,16-14-,17-15-,21-20-. The minimum absolute atomic E-state index is 0.178. The molecule has 4 nitrogen and oxygen atoms in total. The zero-order chi connectivity index (χ0) is 34.1. The molecule has 0 fully saturated rings. The van der Waals surface area contributed by atoms with Crippen LogP contribution in [0.4, 0.5) is 0 Å². The normalized spacial score (nSPS) is 12.8. The van der Waals surface area contributed by atoms with Crippen molar-refractivity contribution < 1.29 is 19.4 Å². The largest absolute Gasteiger partial charge is 0.457 e. The van der Waals surface area contributed by atoms with Crippen molar-refractivity contribution in [1.29, 1.82) is 0 Å². The van der Waals surface area contributed by atoms with Crippen LogP contribution in [0.1, 0.15) is 194 Å². The Bertz CT molecular complexity index is 738. The Labute approximate surface area is 292 Å². The Morgan fingerprint density at radius 3 is 1.40 bits per heavy atom. The molecular weight excluding hydrogens is 580 g/mol. The fourth-order valence-corrected chi connectivity index (χ4v) is 5.57. The third-order valence-electron chi connectivity index (χ3n) is 8.61. The maximum Gasteiger partial charge on any atom is 0.306 e. The summed E-state index contributed by atoms with van der Waals surface area (Å²) in [5.41, 5.74) is 0. The number of allylic oxidation sites excluding steroid dienone is 8. The zero-order valence-electron chi connectivity index (χ0n) is 31.3. The Balaban J connectivity index is 3.46. The van der Waals surface area contributed by atoms with Crippen molar-refractivity contribution >= 4 is 5.97 Å². The molecule has 0 amide bonds. The van der Waals surface area contributed by atoms with Gasteiger partial charge >= 0.3 is 5.97 Å². The lowest BCUT2D eigenvalue weighted by Gasteiger charge is -2.15. The minimum Gasteiger partial charge on any atom is -0.457 e. The summed E-state index contributed by atoms with van der Waals surface area (Å²) in [7, 11) is 0. The molecule has 0 saturated carbocycles. The van der Waals surface area contributed by atoms with Gasteiger partial charge in [0.25, 0.3) is 0 Å². The van der Waals surface area contributed by atoms with Crippen LogP contribution < -0.4 is 0 Å². The second-order valence-corrected chi connectivity index (χ2v) is 13.3. The number of carbonyl (C=O) groups is 1. The molecule has 1 unspecified atom stereocenters. The third-order valence-corrected chi connectivity index (χ3v) is 8.61. The number of hydrogen-bond donors (Lipinski definition) is 1. The molecule has 0 aliphatic carbocycles. The molecule has 1 atom stereocenters. The molecule has 0 aromatic heterocycles. The summed E-state index contributed by atoms with van der Waals surface area (Å²) in [4.78, 5) is 12.2. The van der Waals surface area contributed by atoms with Gasteiger partial charge in [-0.15, -0.1) is 0 Å². The van der Waals surface area contributed by atoms with Gasteiger partial charge in [-0.05, 0) is 70.6 Å². The lowest BCUT2D eigenvalue weighted by molar-refractivity contribution is -0.154. The molecule has 0 aromatic rings. The number of aliphatic hydroxyl groups is 1. The molecule has 1 N–H and O–H groups in total. The topological polar surface area (TPSA) is 55.8 Å². The summed E-state index contributed by atoms with van der Waals surface area (Å²) in [5.74, 6) is -0.210. The summed E-state index contributed by atoms with van der Waals surface area (Å²) in [6, 6.07) is 0. The summed E-state index contributed by atoms with van der Waals surface area (Å²) in [6.45, 7) is 5.25. The van der Waals surface area contributed by atoms with Gasteiger partial charge in [0.05, 0.1) is 13.2 Å². The zero-order valence-corrected chi connectivity index (χ0v) is 31.3. The van der Waals surface area contributed by atoms with E-state index in [0.29, 0.717) is 13.0 Å². The molecular formula is C43H78O4. The van der Waals surface area contributed by atoms with Crippen LogP contribution in [-0.4, -0.2) is 37.0 Å². The van der Waals surface area contributed by atoms with Gasteiger partial charge in [-0.2, -0.15) is 0 Å². The molecule has 0 aliphatic heterocycles. The van der Waals surface area contributed by atoms with E-state index in [1.54, 1.807) is 0 Å². The van der Waals surface area contributed by atoms with Crippen molar-refractivity contribution in [3.8, 4) is 0 Å². The van der Waals surface area contributed by atoms with E-state index < -0.39 is 6.10 Å². The minimum atomic E-state index is -0.542. The van der Waals surface area contributed by atoms with Crippen LogP contribution in [0.3, 0.4) is 0 Å². The highest BCUT2D eigenvalue weighted by Gasteiger charge is 2.13. The average Bonchev–Trinajstić information content (AvgIpc) is 3.08. The van der Waals surface area contributed by atoms with Crippen LogP contribution in [-0.2, 0) is 14.3 Å². The first-order valence-corrected chi connectivity index (χ1v) is 20.2. The molecule has 0 aromatic carbocycles. The average molecular weight is 659 g/mol. The second-order valence-electron chi connectivity index (χ2n) is 13.3. The van der Waals surface area contributed by atoms with Crippen molar-refractivity contribution in [3.63, 3.8) is 0 Å². The highest BCUT2D eigenvalue weighted by atomic mass is 16.6. The fourth-order valence-electron chi connectivity index (χ4n) is 5.57. The van der Waals surface area contributed by atoms with E-state index in [-0.39, 0.29) is 19.2 Å². The highest BCUT2D eigenvalue weighted by molar-refractivity contribution is 5.69. The number of aliphatic hydroxyl groups excluding tert-OH is 1. The Kier molecular flexibility index (Phi) is 39.1. The first-order chi connectivity index (χ1) is 23.2. The quantitative estimate of drug-likeness (QED) is 0.0410. The Hall–Kier alpha value is -1.65. The van der Waals surface area contributed by atoms with E-state index in [4.69, 9.17) is 9.47 Å². The molecule has 0 heterocycles. The van der Waals surface area contributed by atoms with Crippen molar-refractivity contribution in [2.75, 3.05) is 19.8 Å². The van der Waals surface area contributed by atoms with Crippen LogP contribution in [0, 0.1) is 0 Å². The van der Waals surface area contributed by atoms with E-state index in [1.165, 1.54) is 135 Å². The maximum atomic E-state index is 12.2. The molecule has 0 spiro atoms. The smallest absolute Gasteiger partial charge is 0.306 e. The lowest BCUT2D eigenvalue weighted by atomic mass is 10.1. The van der Waals surface area contributed by atoms with Crippen LogP contribution in [0.25, 0.3) is 0 Å². The van der Waals surface area contributed by atoms with Gasteiger partial charge in [0, 0.05) is 13.0 Å². The first-order valence-electron chi connectivity index (χ1n) is 20.2. The van der Waals surface area contributed by atoms with Gasteiger partial charge in [0.1, 0.15) is 6.10 Å². The summed E-state index contributed by atoms with van der Waals surface area (Å²) >= 11 is 0. The van der Waals surface area contributed by atoms with Crippen LogP contribution in [0.5, 0.6) is 0 Å². The number of unbranched alkanes of at least 4 members (excludes halogenated alkanes) is 21. The van der Waals surface area contributed by atoms with E-state index >= 15 is 0 Å². The highest BCUT2D eigenvalue weighted by Crippen LogP contribution is 2.13. The van der Waals surface area contributed by atoms with Gasteiger partial charge < -0.3 is 14.6 Å². The summed E-state index contributed by atoms with van der Waals surface area (Å²) in [5, 5.41) is 9.58. The second kappa shape index (κ2) is 40.5. The molecule has 47 heavy (non-hydrogen) atoms. The first kappa shape index (κ1) is 45.3. The summed E-state index contributed by atoms with van der Waals surface area (Å²) < 4.78 is 11.1. The predicted molar refractivity (Wildman–Crippen MR) is 205 cm³/mol. The SMILES string of the molecule is CCC/C=C\C/C=C\CCCCCCCCOCC(CO)OC(=O)CCCCCCCCCCC/C=C\C/C=C\CCCCCCC. The van der Waals surface area contributed by atoms with Gasteiger partial charge in [0.2, 0.25) is 0 Å². The molecule has 0 rings (SSSR count). The van der Waals surface area contributed by atoms with Gasteiger partial charge in [-0.1, -0.05) is 165 Å². The monoisotopic (exact) mass is 659 g/mol. The van der Waals surface area contributed by atoms with Crippen LogP contribution >= 0.6 is 0 Å². The van der Waals surface area contributed by atoms with Crippen molar-refractivity contribution in [1.82, 2.24) is 0 Å². The molecule has 0 radical (unpaired) electrons. The summed E-state index contributed by atoms with van der Waals surface area (Å²) in [6.07, 6.45) is 51.6. The Morgan fingerprint density at radius 2 is 0.936 bits per heavy atom. The van der Waals surface area contributed by atoms with Crippen LogP contribution in [0.2, 0.25) is 0 Å². The molecule has 0 saturated heterocycles. The van der Waals surface area contributed by atoms with Crippen LogP contribution in [0.15, 0.2) is 48.6 Å². The maximum absolute atomic E-state index is 12.2. The number of esters is 1. The fraction of sp³-hybridized carbons (Fsp3) is 0.791. The van der Waals surface area contributed by atoms with Gasteiger partial charge in [-0.3, -0.25) is 4.79 Å². The number of ether oxygens (including phenoxy) is 2. The third kappa shape index (κ3) is 38.7. The van der Waals surface area contributed by atoms with Crippen molar-refractivity contribution in [2.24, 2.45) is 0 Å². The molecule has 4 heteroatoms. The molecule has 0 aliphatic rings. The van der Waals surface area contributed by atoms with E-state index in [9.17, 15) is 9.90 Å². The Morgan fingerprint density at radius 1 is 0.511 bits per heavy atom. The molecule has 274 valence electrons.